The third kappa shape index (κ3) is 16.3. The number of aliphatic hydroxyl groups is 1. The fraction of sp³-hybridized carbons (Fsp3) is 0.508. The molecule has 2 aliphatic heterocycles. The van der Waals surface area contributed by atoms with E-state index in [0.29, 0.717) is 30.5 Å². The number of aryl methyl sites for hydroxylation is 3. The summed E-state index contributed by atoms with van der Waals surface area (Å²) < 4.78 is 1.91. The molecule has 3 atom stereocenters. The number of hydrogen-bond acceptors (Lipinski definition) is 13. The molecule has 5 amide bonds. The first kappa shape index (κ1) is 61.8. The summed E-state index contributed by atoms with van der Waals surface area (Å²) in [5, 5.41) is 28.0. The number of unbranched alkanes of at least 4 members (excludes halogenated alkanes) is 6. The monoisotopic (exact) mass is 1150 g/mol. The maximum Gasteiger partial charge on any atom is 0.253 e. The molecule has 8 rings (SSSR count). The van der Waals surface area contributed by atoms with Crippen molar-refractivity contribution in [1.29, 1.82) is 0 Å². The number of rotatable bonds is 25. The van der Waals surface area contributed by atoms with E-state index in [9.17, 15) is 33.9 Å². The van der Waals surface area contributed by atoms with Crippen LogP contribution in [0.5, 0.6) is 0 Å². The summed E-state index contributed by atoms with van der Waals surface area (Å²) in [6, 6.07) is 16.2. The summed E-state index contributed by atoms with van der Waals surface area (Å²) in [6.45, 7) is 20.5. The van der Waals surface area contributed by atoms with Gasteiger partial charge in [-0.15, -0.1) is 11.3 Å². The molecular weight excluding hydrogens is 1070 g/mol. The number of nitrogens with one attached hydrogen (secondary N) is 5. The van der Waals surface area contributed by atoms with Crippen molar-refractivity contribution in [2.75, 3.05) is 50.7 Å². The molecule has 2 fully saturated rings. The van der Waals surface area contributed by atoms with Crippen molar-refractivity contribution in [3.63, 3.8) is 0 Å². The number of β-amino-alcohol motifs (C(OH)–C–C–N with tert-alkyl or cyclic N) is 1. The number of aromatic amines is 1. The van der Waals surface area contributed by atoms with Crippen molar-refractivity contribution < 1.29 is 29.1 Å². The zero-order valence-corrected chi connectivity index (χ0v) is 50.4. The predicted molar refractivity (Wildman–Crippen MR) is 326 cm³/mol. The highest BCUT2D eigenvalue weighted by Crippen LogP contribution is 2.32. The number of thiazole rings is 1. The van der Waals surface area contributed by atoms with Gasteiger partial charge in [0.2, 0.25) is 23.6 Å². The van der Waals surface area contributed by atoms with Crippen LogP contribution < -0.4 is 31.7 Å². The number of H-pyrrole nitrogens is 1. The molecule has 4 aromatic heterocycles. The second kappa shape index (κ2) is 28.3. The summed E-state index contributed by atoms with van der Waals surface area (Å²) in [5.41, 5.74) is 9.07. The number of carbonyl (C=O) groups excluding carboxylic acids is 5. The van der Waals surface area contributed by atoms with Crippen LogP contribution in [0.4, 0.5) is 5.82 Å². The van der Waals surface area contributed by atoms with Gasteiger partial charge in [-0.2, -0.15) is 5.10 Å². The number of hydrogen-bond donors (Lipinski definition) is 6. The number of aromatic nitrogens is 5. The SMILES string of the molecule is Cc1cc(C)c(CNC(=O)c2cc(-c3ccc(N4CCN(CCNC(=O)CCCCCCCCCC(=O)NC(C(=O)N5C[C@H](O)C[C@H]5C(=O)NCc5ccc(-c6scnc6C)cc5)C(C)(C)C)CC4)nc3)cc3c2cnn3C(C)C)c(=O)[nH]1. The Kier molecular flexibility index (Phi) is 21.1. The number of amides is 5. The molecule has 2 saturated heterocycles. The number of likely N-dealkylation sites (tertiary alicyclic amines) is 1. The average Bonchev–Trinajstić information content (AvgIpc) is 4.45. The Labute approximate surface area is 491 Å². The standard InChI is InChI=1S/C63H84N12O7S/c1-40(2)75-52-32-47(31-49(51(52)37-69-75)59(79)67-36-50-41(3)30-42(4)70-60(50)80)46-22-23-54(65-35-46)73-28-26-72(27-29-73)25-24-64-55(77)16-14-12-10-9-11-13-15-17-56(78)71-58(63(6,7)8)62(82)74-38-48(76)33-53(74)61(81)66-34-44-18-20-45(21-19-44)57-43(5)68-39-83-57/h18-23,30-32,35,37,39-40,48,53,58,76H,9-17,24-29,33-34,36,38H2,1-8H3,(H,64,77)(H,66,81)(H,67,79)(H,70,80)(H,71,78)/t48-,53+,58?/m1/s1. The maximum absolute atomic E-state index is 14.1. The average molecular weight is 1150 g/mol. The van der Waals surface area contributed by atoms with E-state index < -0.39 is 23.6 Å². The summed E-state index contributed by atoms with van der Waals surface area (Å²) in [6.07, 6.45) is 9.99. The number of aliphatic hydroxyl groups excluding tert-OH is 1. The first-order valence-electron chi connectivity index (χ1n) is 29.5. The van der Waals surface area contributed by atoms with Crippen molar-refractivity contribution in [3.05, 3.63) is 116 Å². The molecule has 444 valence electrons. The lowest BCUT2D eigenvalue weighted by atomic mass is 9.85. The number of anilines is 1. The van der Waals surface area contributed by atoms with Gasteiger partial charge >= 0.3 is 0 Å². The number of fused-ring (bicyclic) bond motifs is 1. The number of nitrogens with zero attached hydrogens (tertiary/aromatic N) is 7. The van der Waals surface area contributed by atoms with Crippen LogP contribution in [-0.4, -0.2) is 133 Å². The Morgan fingerprint density at radius 1 is 0.783 bits per heavy atom. The van der Waals surface area contributed by atoms with Crippen molar-refractivity contribution in [2.45, 2.75) is 157 Å². The highest BCUT2D eigenvalue weighted by Gasteiger charge is 2.44. The molecule has 6 N–H and O–H groups in total. The van der Waals surface area contributed by atoms with Crippen LogP contribution in [0, 0.1) is 26.2 Å². The minimum absolute atomic E-state index is 0.0228. The third-order valence-corrected chi connectivity index (χ3v) is 16.9. The van der Waals surface area contributed by atoms with E-state index in [-0.39, 0.29) is 73.6 Å². The molecule has 1 unspecified atom stereocenters. The van der Waals surface area contributed by atoms with Gasteiger partial charge in [-0.3, -0.25) is 38.3 Å². The lowest BCUT2D eigenvalue weighted by molar-refractivity contribution is -0.144. The lowest BCUT2D eigenvalue weighted by Gasteiger charge is -2.35. The van der Waals surface area contributed by atoms with Crippen LogP contribution in [0.25, 0.3) is 32.5 Å². The minimum Gasteiger partial charge on any atom is -0.391 e. The zero-order valence-electron chi connectivity index (χ0n) is 49.6. The fourth-order valence-corrected chi connectivity index (χ4v) is 11.9. The van der Waals surface area contributed by atoms with E-state index >= 15 is 0 Å². The summed E-state index contributed by atoms with van der Waals surface area (Å²) >= 11 is 1.58. The molecule has 20 heteroatoms. The van der Waals surface area contributed by atoms with Crippen LogP contribution in [0.3, 0.4) is 0 Å². The van der Waals surface area contributed by atoms with Gasteiger partial charge in [-0.1, -0.05) is 77.1 Å². The van der Waals surface area contributed by atoms with E-state index in [2.05, 4.69) is 60.0 Å². The van der Waals surface area contributed by atoms with Crippen molar-refractivity contribution in [2.24, 2.45) is 5.41 Å². The molecule has 0 spiro atoms. The minimum atomic E-state index is -0.865. The molecule has 0 radical (unpaired) electrons. The van der Waals surface area contributed by atoms with Crippen LogP contribution in [0.15, 0.2) is 77.3 Å². The maximum atomic E-state index is 14.1. The van der Waals surface area contributed by atoms with Gasteiger partial charge in [0.05, 0.1) is 39.5 Å². The smallest absolute Gasteiger partial charge is 0.253 e. The quantitative estimate of drug-likeness (QED) is 0.0300. The predicted octanol–water partition coefficient (Wildman–Crippen LogP) is 7.90. The van der Waals surface area contributed by atoms with Gasteiger partial charge in [-0.05, 0) is 105 Å². The topological polar surface area (TPSA) is 240 Å². The van der Waals surface area contributed by atoms with Gasteiger partial charge in [0, 0.05) is 113 Å². The number of pyridine rings is 2. The summed E-state index contributed by atoms with van der Waals surface area (Å²) in [7, 11) is 0. The molecule has 6 aromatic rings. The van der Waals surface area contributed by atoms with Gasteiger partial charge in [0.1, 0.15) is 17.9 Å². The van der Waals surface area contributed by atoms with Gasteiger partial charge < -0.3 is 41.2 Å². The Morgan fingerprint density at radius 3 is 2.11 bits per heavy atom. The first-order chi connectivity index (χ1) is 39.7. The van der Waals surface area contributed by atoms with Crippen LogP contribution in [0.1, 0.15) is 143 Å². The second-order valence-electron chi connectivity index (χ2n) is 23.8. The Balaban J connectivity index is 0.686. The summed E-state index contributed by atoms with van der Waals surface area (Å²) in [5.74, 6) is -0.260. The highest BCUT2D eigenvalue weighted by molar-refractivity contribution is 7.13. The number of carbonyl (C=O) groups is 5. The molecular formula is C63H84N12O7S. The van der Waals surface area contributed by atoms with E-state index in [0.717, 1.165) is 132 Å². The van der Waals surface area contributed by atoms with Crippen LogP contribution in [0.2, 0.25) is 0 Å². The highest BCUT2D eigenvalue weighted by atomic mass is 32.1. The van der Waals surface area contributed by atoms with Crippen molar-refractivity contribution in [3.8, 4) is 21.6 Å². The van der Waals surface area contributed by atoms with Gasteiger partial charge in [0.25, 0.3) is 11.5 Å². The molecule has 0 saturated carbocycles. The van der Waals surface area contributed by atoms with Gasteiger partial charge in [0.15, 0.2) is 0 Å². The van der Waals surface area contributed by atoms with Crippen molar-refractivity contribution in [1.82, 2.24) is 55.8 Å². The van der Waals surface area contributed by atoms with E-state index in [1.165, 1.54) is 4.90 Å². The molecule has 83 heavy (non-hydrogen) atoms. The van der Waals surface area contributed by atoms with E-state index in [1.807, 2.05) is 113 Å². The normalized spacial score (nSPS) is 16.1. The van der Waals surface area contributed by atoms with E-state index in [4.69, 9.17) is 4.98 Å². The molecule has 2 aromatic carbocycles. The van der Waals surface area contributed by atoms with Crippen LogP contribution in [-0.2, 0) is 32.3 Å². The molecule has 2 aliphatic rings. The Morgan fingerprint density at radius 2 is 1.47 bits per heavy atom. The Bertz CT molecular complexity index is 3270. The largest absolute Gasteiger partial charge is 0.391 e. The van der Waals surface area contributed by atoms with Crippen molar-refractivity contribution >= 4 is 57.6 Å². The first-order valence-corrected chi connectivity index (χ1v) is 30.4. The van der Waals surface area contributed by atoms with E-state index in [1.54, 1.807) is 17.5 Å². The molecule has 0 aliphatic carbocycles. The fourth-order valence-electron chi connectivity index (χ4n) is 11.1. The second-order valence-corrected chi connectivity index (χ2v) is 24.6. The van der Waals surface area contributed by atoms with Crippen LogP contribution >= 0.6 is 11.3 Å². The number of piperazine rings is 1. The molecule has 6 heterocycles. The van der Waals surface area contributed by atoms with Gasteiger partial charge in [-0.25, -0.2) is 9.97 Å². The molecule has 19 nitrogen and oxygen atoms in total. The zero-order chi connectivity index (χ0) is 59.4. The lowest BCUT2D eigenvalue weighted by Crippen LogP contribution is -2.57. The third-order valence-electron chi connectivity index (χ3n) is 15.9. The summed E-state index contributed by atoms with van der Waals surface area (Å²) in [4.78, 5) is 99.1. The molecule has 0 bridgehead atoms. The Hall–Kier alpha value is -7.29. The number of benzene rings is 2.